The summed E-state index contributed by atoms with van der Waals surface area (Å²) in [5.41, 5.74) is 0.823. The van der Waals surface area contributed by atoms with Crippen molar-refractivity contribution in [3.63, 3.8) is 0 Å². The first-order valence-electron chi connectivity index (χ1n) is 7.41. The van der Waals surface area contributed by atoms with Gasteiger partial charge in [0.15, 0.2) is 0 Å². The smallest absolute Gasteiger partial charge is 0.227 e. The molecule has 0 spiro atoms. The second kappa shape index (κ2) is 8.19. The average molecular weight is 322 g/mol. The Balaban J connectivity index is 1.93. The Hall–Kier alpha value is -1.53. The fourth-order valence-corrected chi connectivity index (χ4v) is 3.05. The molecule has 2 amide bonds. The first kappa shape index (κ1) is 16.8. The number of carbonyl (C=O) groups excluding carboxylic acids is 2. The highest BCUT2D eigenvalue weighted by molar-refractivity contribution is 7.98. The summed E-state index contributed by atoms with van der Waals surface area (Å²) in [5.74, 6) is 0.351. The molecule has 0 aromatic heterocycles. The number of nitrogens with one attached hydrogen (secondary N) is 1. The minimum absolute atomic E-state index is 0.0315. The lowest BCUT2D eigenvalue weighted by atomic mass is 10.1. The normalized spacial score (nSPS) is 19.3. The van der Waals surface area contributed by atoms with Gasteiger partial charge in [-0.2, -0.15) is 11.8 Å². The second-order valence-electron chi connectivity index (χ2n) is 5.41. The Kier molecular flexibility index (Phi) is 6.27. The van der Waals surface area contributed by atoms with Crippen LogP contribution in [-0.4, -0.2) is 48.1 Å². The Morgan fingerprint density at radius 1 is 1.45 bits per heavy atom. The van der Waals surface area contributed by atoms with Crippen molar-refractivity contribution >= 4 is 29.3 Å². The molecule has 1 saturated heterocycles. The van der Waals surface area contributed by atoms with Crippen molar-refractivity contribution in [2.45, 2.75) is 18.9 Å². The Labute approximate surface area is 135 Å². The highest BCUT2D eigenvalue weighted by atomic mass is 32.2. The summed E-state index contributed by atoms with van der Waals surface area (Å²) in [4.78, 5) is 26.1. The Morgan fingerprint density at radius 3 is 2.82 bits per heavy atom. The van der Waals surface area contributed by atoms with Crippen molar-refractivity contribution in [2.24, 2.45) is 5.92 Å². The molecular weight excluding hydrogens is 300 g/mol. The van der Waals surface area contributed by atoms with E-state index in [0.717, 1.165) is 17.9 Å². The number of anilines is 1. The van der Waals surface area contributed by atoms with E-state index in [1.807, 2.05) is 36.6 Å². The molecule has 1 aliphatic rings. The minimum Gasteiger partial charge on any atom is -0.394 e. The van der Waals surface area contributed by atoms with Crippen LogP contribution in [0, 0.1) is 5.92 Å². The van der Waals surface area contributed by atoms with Gasteiger partial charge in [0.2, 0.25) is 11.8 Å². The van der Waals surface area contributed by atoms with Gasteiger partial charge in [-0.05, 0) is 30.6 Å². The van der Waals surface area contributed by atoms with E-state index in [9.17, 15) is 14.7 Å². The van der Waals surface area contributed by atoms with Crippen molar-refractivity contribution in [3.05, 3.63) is 30.3 Å². The van der Waals surface area contributed by atoms with Crippen LogP contribution in [0.1, 0.15) is 12.8 Å². The molecule has 0 unspecified atom stereocenters. The summed E-state index contributed by atoms with van der Waals surface area (Å²) in [6, 6.07) is 9.15. The zero-order chi connectivity index (χ0) is 15.9. The van der Waals surface area contributed by atoms with Crippen molar-refractivity contribution in [3.8, 4) is 0 Å². The molecule has 5 nitrogen and oxygen atoms in total. The van der Waals surface area contributed by atoms with Gasteiger partial charge in [0.1, 0.15) is 0 Å². The Morgan fingerprint density at radius 2 is 2.18 bits per heavy atom. The van der Waals surface area contributed by atoms with E-state index >= 15 is 0 Å². The van der Waals surface area contributed by atoms with Gasteiger partial charge in [-0.25, -0.2) is 0 Å². The number of hydrogen-bond acceptors (Lipinski definition) is 4. The monoisotopic (exact) mass is 322 g/mol. The van der Waals surface area contributed by atoms with Crippen molar-refractivity contribution in [2.75, 3.05) is 30.1 Å². The lowest BCUT2D eigenvalue weighted by molar-refractivity contribution is -0.127. The van der Waals surface area contributed by atoms with E-state index in [1.54, 1.807) is 16.7 Å². The highest BCUT2D eigenvalue weighted by Crippen LogP contribution is 2.25. The molecule has 2 rings (SSSR count). The molecule has 1 aliphatic heterocycles. The second-order valence-corrected chi connectivity index (χ2v) is 6.40. The van der Waals surface area contributed by atoms with Crippen molar-refractivity contribution < 1.29 is 14.7 Å². The maximum atomic E-state index is 12.3. The summed E-state index contributed by atoms with van der Waals surface area (Å²) in [6.45, 7) is 0.324. The number of aliphatic hydroxyl groups is 1. The molecule has 1 aromatic rings. The van der Waals surface area contributed by atoms with Gasteiger partial charge in [0.25, 0.3) is 0 Å². The van der Waals surface area contributed by atoms with Crippen LogP contribution >= 0.6 is 11.8 Å². The number of hydrogen-bond donors (Lipinski definition) is 2. The van der Waals surface area contributed by atoms with Crippen LogP contribution in [0.5, 0.6) is 0 Å². The Bertz CT molecular complexity index is 509. The maximum Gasteiger partial charge on any atom is 0.227 e. The molecular formula is C16H22N2O3S. The van der Waals surface area contributed by atoms with Gasteiger partial charge in [0.05, 0.1) is 18.6 Å². The lowest BCUT2D eigenvalue weighted by Gasteiger charge is -2.19. The van der Waals surface area contributed by atoms with E-state index in [0.29, 0.717) is 6.54 Å². The topological polar surface area (TPSA) is 69.6 Å². The number of nitrogens with zero attached hydrogens (tertiary/aromatic N) is 1. The van der Waals surface area contributed by atoms with Crippen LogP contribution in [0.15, 0.2) is 30.3 Å². The van der Waals surface area contributed by atoms with Gasteiger partial charge in [0, 0.05) is 18.7 Å². The summed E-state index contributed by atoms with van der Waals surface area (Å²) in [6.07, 6.45) is 2.94. The molecule has 0 saturated carbocycles. The lowest BCUT2D eigenvalue weighted by Crippen LogP contribution is -2.42. The van der Waals surface area contributed by atoms with Crippen LogP contribution in [0.3, 0.4) is 0 Å². The summed E-state index contributed by atoms with van der Waals surface area (Å²) in [5, 5.41) is 12.2. The van der Waals surface area contributed by atoms with Gasteiger partial charge >= 0.3 is 0 Å². The SMILES string of the molecule is CSCC[C@@H](CO)NC(=O)[C@@H]1CC(=O)N(c2ccccc2)C1. The van der Waals surface area contributed by atoms with Crippen LogP contribution in [0.25, 0.3) is 0 Å². The fraction of sp³-hybridized carbons (Fsp3) is 0.500. The quantitative estimate of drug-likeness (QED) is 0.793. The van der Waals surface area contributed by atoms with Crippen LogP contribution < -0.4 is 10.2 Å². The van der Waals surface area contributed by atoms with E-state index in [4.69, 9.17) is 0 Å². The number of benzene rings is 1. The van der Waals surface area contributed by atoms with Crippen LogP contribution in [-0.2, 0) is 9.59 Å². The van der Waals surface area contributed by atoms with Gasteiger partial charge in [-0.1, -0.05) is 18.2 Å². The van der Waals surface area contributed by atoms with E-state index < -0.39 is 0 Å². The molecule has 22 heavy (non-hydrogen) atoms. The number of rotatable bonds is 7. The molecule has 2 N–H and O–H groups in total. The van der Waals surface area contributed by atoms with E-state index in [-0.39, 0.29) is 36.8 Å². The van der Waals surface area contributed by atoms with E-state index in [1.165, 1.54) is 0 Å². The zero-order valence-corrected chi connectivity index (χ0v) is 13.5. The minimum atomic E-state index is -0.351. The van der Waals surface area contributed by atoms with Gasteiger partial charge < -0.3 is 15.3 Å². The van der Waals surface area contributed by atoms with Crippen molar-refractivity contribution in [1.29, 1.82) is 0 Å². The molecule has 120 valence electrons. The summed E-state index contributed by atoms with van der Waals surface area (Å²) < 4.78 is 0. The third kappa shape index (κ3) is 4.24. The van der Waals surface area contributed by atoms with Crippen LogP contribution in [0.2, 0.25) is 0 Å². The zero-order valence-electron chi connectivity index (χ0n) is 12.7. The number of carbonyl (C=O) groups is 2. The number of para-hydroxylation sites is 1. The van der Waals surface area contributed by atoms with Gasteiger partial charge in [-0.3, -0.25) is 9.59 Å². The van der Waals surface area contributed by atoms with Gasteiger partial charge in [-0.15, -0.1) is 0 Å². The van der Waals surface area contributed by atoms with Crippen LogP contribution in [0.4, 0.5) is 5.69 Å². The predicted molar refractivity (Wildman–Crippen MR) is 88.9 cm³/mol. The molecule has 2 atom stereocenters. The fourth-order valence-electron chi connectivity index (χ4n) is 2.53. The molecule has 1 aromatic carbocycles. The maximum absolute atomic E-state index is 12.3. The third-order valence-electron chi connectivity index (χ3n) is 3.80. The molecule has 6 heteroatoms. The predicted octanol–water partition coefficient (Wildman–Crippen LogP) is 1.27. The third-order valence-corrected chi connectivity index (χ3v) is 4.44. The number of amides is 2. The molecule has 0 aliphatic carbocycles. The average Bonchev–Trinajstić information content (AvgIpc) is 2.94. The molecule has 1 heterocycles. The largest absolute Gasteiger partial charge is 0.394 e. The standard InChI is InChI=1S/C16H22N2O3S/c1-22-8-7-13(11-19)17-16(21)12-9-15(20)18(10-12)14-5-3-2-4-6-14/h2-6,12-13,19H,7-11H2,1H3,(H,17,21)/t12-,13+/m1/s1. The summed E-state index contributed by atoms with van der Waals surface area (Å²) in [7, 11) is 0. The molecule has 1 fully saturated rings. The first-order chi connectivity index (χ1) is 10.7. The first-order valence-corrected chi connectivity index (χ1v) is 8.80. The highest BCUT2D eigenvalue weighted by Gasteiger charge is 2.35. The summed E-state index contributed by atoms with van der Waals surface area (Å²) >= 11 is 1.68. The van der Waals surface area contributed by atoms with Crippen molar-refractivity contribution in [1.82, 2.24) is 5.32 Å². The number of thioether (sulfide) groups is 1. The molecule has 0 radical (unpaired) electrons. The van der Waals surface area contributed by atoms with E-state index in [2.05, 4.69) is 5.32 Å². The molecule has 0 bridgehead atoms. The number of aliphatic hydroxyl groups excluding tert-OH is 1.